The second-order valence-corrected chi connectivity index (χ2v) is 5.13. The first-order valence-electron chi connectivity index (χ1n) is 7.34. The molecule has 0 saturated heterocycles. The molecule has 1 unspecified atom stereocenters. The largest absolute Gasteiger partial charge is 0.326 e. The van der Waals surface area contributed by atoms with Crippen molar-refractivity contribution in [3.63, 3.8) is 0 Å². The lowest BCUT2D eigenvalue weighted by Crippen LogP contribution is -2.20. The second-order valence-electron chi connectivity index (χ2n) is 5.13. The van der Waals surface area contributed by atoms with Gasteiger partial charge in [-0.3, -0.25) is 4.79 Å². The van der Waals surface area contributed by atoms with E-state index in [-0.39, 0.29) is 5.91 Å². The fourth-order valence-electron chi connectivity index (χ4n) is 2.33. The van der Waals surface area contributed by atoms with Gasteiger partial charge in [-0.2, -0.15) is 0 Å². The van der Waals surface area contributed by atoms with Crippen LogP contribution in [0.25, 0.3) is 0 Å². The Kier molecular flexibility index (Phi) is 5.52. The summed E-state index contributed by atoms with van der Waals surface area (Å²) < 4.78 is 0. The summed E-state index contributed by atoms with van der Waals surface area (Å²) in [6, 6.07) is 18.8. The molecule has 0 spiro atoms. The van der Waals surface area contributed by atoms with Crippen molar-refractivity contribution in [2.24, 2.45) is 0 Å². The number of anilines is 1. The topological polar surface area (TPSA) is 41.1 Å². The first-order chi connectivity index (χ1) is 10.2. The maximum atomic E-state index is 11.0. The smallest absolute Gasteiger partial charge is 0.221 e. The van der Waals surface area contributed by atoms with Crippen LogP contribution in [0.5, 0.6) is 0 Å². The van der Waals surface area contributed by atoms with E-state index in [2.05, 4.69) is 41.8 Å². The highest BCUT2D eigenvalue weighted by Crippen LogP contribution is 2.17. The summed E-state index contributed by atoms with van der Waals surface area (Å²) in [6.07, 6.45) is 1.05. The van der Waals surface area contributed by atoms with Gasteiger partial charge in [0.05, 0.1) is 0 Å². The first kappa shape index (κ1) is 15.3. The van der Waals surface area contributed by atoms with Crippen molar-refractivity contribution in [2.45, 2.75) is 32.9 Å². The highest BCUT2D eigenvalue weighted by Gasteiger charge is 2.07. The van der Waals surface area contributed by atoms with Gasteiger partial charge in [-0.15, -0.1) is 0 Å². The standard InChI is InChI=1S/C18H22N2O/c1-3-18(16-7-5-4-6-8-16)19-13-15-9-11-17(12-10-15)20-14(2)21/h4-12,18-19H,3,13H2,1-2H3,(H,20,21). The summed E-state index contributed by atoms with van der Waals surface area (Å²) in [5.41, 5.74) is 3.36. The Hall–Kier alpha value is -2.13. The average molecular weight is 282 g/mol. The molecule has 0 radical (unpaired) electrons. The molecule has 2 aromatic carbocycles. The minimum Gasteiger partial charge on any atom is -0.326 e. The van der Waals surface area contributed by atoms with Crippen LogP contribution < -0.4 is 10.6 Å². The normalized spacial score (nSPS) is 11.9. The number of benzene rings is 2. The molecule has 1 atom stereocenters. The Bertz CT molecular complexity index is 564. The lowest BCUT2D eigenvalue weighted by molar-refractivity contribution is -0.114. The Balaban J connectivity index is 1.94. The zero-order valence-electron chi connectivity index (χ0n) is 12.6. The molecule has 3 nitrogen and oxygen atoms in total. The Morgan fingerprint density at radius 2 is 1.71 bits per heavy atom. The van der Waals surface area contributed by atoms with E-state index in [1.54, 1.807) is 0 Å². The van der Waals surface area contributed by atoms with E-state index >= 15 is 0 Å². The van der Waals surface area contributed by atoms with Gasteiger partial charge in [-0.1, -0.05) is 49.4 Å². The minimum absolute atomic E-state index is 0.0454. The van der Waals surface area contributed by atoms with Crippen LogP contribution in [0.3, 0.4) is 0 Å². The molecule has 0 aromatic heterocycles. The van der Waals surface area contributed by atoms with Gasteiger partial charge in [0, 0.05) is 25.2 Å². The number of carbonyl (C=O) groups excluding carboxylic acids is 1. The number of carbonyl (C=O) groups is 1. The van der Waals surface area contributed by atoms with Gasteiger partial charge in [0.1, 0.15) is 0 Å². The van der Waals surface area contributed by atoms with Gasteiger partial charge in [-0.25, -0.2) is 0 Å². The van der Waals surface area contributed by atoms with Crippen LogP contribution in [0, 0.1) is 0 Å². The monoisotopic (exact) mass is 282 g/mol. The van der Waals surface area contributed by atoms with Crippen molar-refractivity contribution < 1.29 is 4.79 Å². The molecule has 2 aromatic rings. The Morgan fingerprint density at radius 1 is 1.05 bits per heavy atom. The van der Waals surface area contributed by atoms with Crippen LogP contribution in [0.1, 0.15) is 37.4 Å². The summed E-state index contributed by atoms with van der Waals surface area (Å²) in [7, 11) is 0. The highest BCUT2D eigenvalue weighted by molar-refractivity contribution is 5.88. The number of rotatable bonds is 6. The van der Waals surface area contributed by atoms with Crippen LogP contribution in [0.2, 0.25) is 0 Å². The maximum Gasteiger partial charge on any atom is 0.221 e. The summed E-state index contributed by atoms with van der Waals surface area (Å²) in [5, 5.41) is 6.35. The molecule has 0 aliphatic rings. The van der Waals surface area contributed by atoms with Crippen molar-refractivity contribution in [3.05, 3.63) is 65.7 Å². The molecule has 0 aliphatic carbocycles. The van der Waals surface area contributed by atoms with E-state index in [4.69, 9.17) is 0 Å². The molecular weight excluding hydrogens is 260 g/mol. The average Bonchev–Trinajstić information content (AvgIpc) is 2.50. The molecule has 0 aliphatic heterocycles. The Morgan fingerprint density at radius 3 is 2.29 bits per heavy atom. The van der Waals surface area contributed by atoms with E-state index in [0.717, 1.165) is 18.7 Å². The van der Waals surface area contributed by atoms with Crippen molar-refractivity contribution in [3.8, 4) is 0 Å². The third kappa shape index (κ3) is 4.72. The number of nitrogens with one attached hydrogen (secondary N) is 2. The molecule has 0 bridgehead atoms. The molecule has 21 heavy (non-hydrogen) atoms. The van der Waals surface area contributed by atoms with Gasteiger partial charge >= 0.3 is 0 Å². The van der Waals surface area contributed by atoms with Crippen LogP contribution in [0.15, 0.2) is 54.6 Å². The third-order valence-corrected chi connectivity index (χ3v) is 3.44. The fourth-order valence-corrected chi connectivity index (χ4v) is 2.33. The summed E-state index contributed by atoms with van der Waals surface area (Å²) in [6.45, 7) is 4.51. The molecule has 0 heterocycles. The quantitative estimate of drug-likeness (QED) is 0.844. The van der Waals surface area contributed by atoms with E-state index in [0.29, 0.717) is 6.04 Å². The third-order valence-electron chi connectivity index (χ3n) is 3.44. The van der Waals surface area contributed by atoms with E-state index in [1.807, 2.05) is 30.3 Å². The van der Waals surface area contributed by atoms with Gasteiger partial charge in [0.25, 0.3) is 0 Å². The van der Waals surface area contributed by atoms with Gasteiger partial charge in [0.2, 0.25) is 5.91 Å². The maximum absolute atomic E-state index is 11.0. The molecular formula is C18H22N2O. The highest BCUT2D eigenvalue weighted by atomic mass is 16.1. The minimum atomic E-state index is -0.0454. The van der Waals surface area contributed by atoms with Gasteiger partial charge in [0.15, 0.2) is 0 Å². The van der Waals surface area contributed by atoms with E-state index < -0.39 is 0 Å². The summed E-state index contributed by atoms with van der Waals surface area (Å²) in [4.78, 5) is 11.0. The molecule has 3 heteroatoms. The molecule has 0 fully saturated rings. The van der Waals surface area contributed by atoms with Crippen molar-refractivity contribution in [1.29, 1.82) is 0 Å². The van der Waals surface area contributed by atoms with Crippen molar-refractivity contribution in [2.75, 3.05) is 5.32 Å². The second kappa shape index (κ2) is 7.60. The van der Waals surface area contributed by atoms with Gasteiger partial charge < -0.3 is 10.6 Å². The zero-order chi connectivity index (χ0) is 15.1. The molecule has 2 rings (SSSR count). The van der Waals surface area contributed by atoms with E-state index in [9.17, 15) is 4.79 Å². The van der Waals surface area contributed by atoms with E-state index in [1.165, 1.54) is 18.1 Å². The molecule has 110 valence electrons. The van der Waals surface area contributed by atoms with Crippen molar-refractivity contribution >= 4 is 11.6 Å². The predicted octanol–water partition coefficient (Wildman–Crippen LogP) is 3.89. The molecule has 0 saturated carbocycles. The molecule has 1 amide bonds. The first-order valence-corrected chi connectivity index (χ1v) is 7.34. The van der Waals surface area contributed by atoms with Gasteiger partial charge in [-0.05, 0) is 29.7 Å². The predicted molar refractivity (Wildman–Crippen MR) is 87.1 cm³/mol. The fraction of sp³-hybridized carbons (Fsp3) is 0.278. The summed E-state index contributed by atoms with van der Waals surface area (Å²) >= 11 is 0. The molecule has 2 N–H and O–H groups in total. The van der Waals surface area contributed by atoms with Crippen LogP contribution in [0.4, 0.5) is 5.69 Å². The Labute approximate surface area is 126 Å². The number of amides is 1. The number of hydrogen-bond acceptors (Lipinski definition) is 2. The van der Waals surface area contributed by atoms with Crippen LogP contribution in [-0.2, 0) is 11.3 Å². The summed E-state index contributed by atoms with van der Waals surface area (Å²) in [5.74, 6) is -0.0454. The number of hydrogen-bond donors (Lipinski definition) is 2. The van der Waals surface area contributed by atoms with Crippen LogP contribution in [-0.4, -0.2) is 5.91 Å². The SMILES string of the molecule is CCC(NCc1ccc(NC(C)=O)cc1)c1ccccc1. The zero-order valence-corrected chi connectivity index (χ0v) is 12.6. The lowest BCUT2D eigenvalue weighted by atomic mass is 10.0. The van der Waals surface area contributed by atoms with Crippen LogP contribution >= 0.6 is 0 Å². The lowest BCUT2D eigenvalue weighted by Gasteiger charge is -2.17. The van der Waals surface area contributed by atoms with Crippen molar-refractivity contribution in [1.82, 2.24) is 5.32 Å².